The van der Waals surface area contributed by atoms with E-state index in [4.69, 9.17) is 13.9 Å². The lowest BCUT2D eigenvalue weighted by Crippen LogP contribution is -2.30. The second-order valence-corrected chi connectivity index (χ2v) is 8.65. The first-order valence-electron chi connectivity index (χ1n) is 10.3. The SMILES string of the molecule is COc1ccc(-c2nnc(SC(C)C(=O)NCc3ccco3)n2CC2CCCO2)cc1. The Labute approximate surface area is 185 Å². The van der Waals surface area contributed by atoms with E-state index in [1.807, 2.05) is 37.3 Å². The van der Waals surface area contributed by atoms with Gasteiger partial charge >= 0.3 is 0 Å². The van der Waals surface area contributed by atoms with Gasteiger partial charge in [-0.1, -0.05) is 11.8 Å². The molecule has 4 rings (SSSR count). The minimum atomic E-state index is -0.342. The van der Waals surface area contributed by atoms with Crippen molar-refractivity contribution in [3.05, 3.63) is 48.4 Å². The van der Waals surface area contributed by atoms with E-state index in [1.165, 1.54) is 11.8 Å². The fourth-order valence-corrected chi connectivity index (χ4v) is 4.31. The molecule has 164 valence electrons. The van der Waals surface area contributed by atoms with Crippen LogP contribution >= 0.6 is 11.8 Å². The molecular formula is C22H26N4O4S. The summed E-state index contributed by atoms with van der Waals surface area (Å²) in [5.41, 5.74) is 0.938. The van der Waals surface area contributed by atoms with Gasteiger partial charge in [0.25, 0.3) is 0 Å². The highest BCUT2D eigenvalue weighted by atomic mass is 32.2. The Bertz CT molecular complexity index is 982. The van der Waals surface area contributed by atoms with Gasteiger partial charge in [0, 0.05) is 12.2 Å². The smallest absolute Gasteiger partial charge is 0.233 e. The molecule has 1 saturated heterocycles. The molecule has 2 aromatic heterocycles. The van der Waals surface area contributed by atoms with Crippen molar-refractivity contribution in [2.24, 2.45) is 0 Å². The zero-order valence-corrected chi connectivity index (χ0v) is 18.4. The minimum Gasteiger partial charge on any atom is -0.497 e. The first kappa shape index (κ1) is 21.5. The molecule has 0 radical (unpaired) electrons. The standard InChI is InChI=1S/C22H26N4O4S/c1-15(21(27)23-13-18-5-3-11-29-18)31-22-25-24-20(16-7-9-17(28-2)10-8-16)26(22)14-19-6-4-12-30-19/h3,5,7-11,15,19H,4,6,12-14H2,1-2H3,(H,23,27). The van der Waals surface area contributed by atoms with Crippen LogP contribution in [0.1, 0.15) is 25.5 Å². The molecule has 1 aromatic carbocycles. The van der Waals surface area contributed by atoms with Crippen LogP contribution < -0.4 is 10.1 Å². The van der Waals surface area contributed by atoms with Crippen molar-refractivity contribution in [1.82, 2.24) is 20.1 Å². The third kappa shape index (κ3) is 5.29. The fourth-order valence-electron chi connectivity index (χ4n) is 3.43. The first-order valence-corrected chi connectivity index (χ1v) is 11.2. The first-order chi connectivity index (χ1) is 15.1. The number of carbonyl (C=O) groups is 1. The van der Waals surface area contributed by atoms with Crippen LogP contribution in [-0.2, 0) is 22.6 Å². The molecule has 2 atom stereocenters. The summed E-state index contributed by atoms with van der Waals surface area (Å²) in [5, 5.41) is 12.1. The van der Waals surface area contributed by atoms with Crippen molar-refractivity contribution >= 4 is 17.7 Å². The van der Waals surface area contributed by atoms with Crippen LogP contribution in [0.3, 0.4) is 0 Å². The van der Waals surface area contributed by atoms with Gasteiger partial charge in [-0.15, -0.1) is 10.2 Å². The number of ether oxygens (including phenoxy) is 2. The highest BCUT2D eigenvalue weighted by Crippen LogP contribution is 2.29. The molecule has 2 unspecified atom stereocenters. The molecule has 0 aliphatic carbocycles. The van der Waals surface area contributed by atoms with Gasteiger partial charge in [0.05, 0.1) is 37.8 Å². The van der Waals surface area contributed by atoms with E-state index in [0.29, 0.717) is 24.0 Å². The number of furan rings is 1. The number of nitrogens with zero attached hydrogens (tertiary/aromatic N) is 3. The van der Waals surface area contributed by atoms with E-state index in [2.05, 4.69) is 20.1 Å². The van der Waals surface area contributed by atoms with Crippen molar-refractivity contribution in [2.45, 2.75) is 49.4 Å². The van der Waals surface area contributed by atoms with Crippen molar-refractivity contribution in [2.75, 3.05) is 13.7 Å². The van der Waals surface area contributed by atoms with E-state index in [-0.39, 0.29) is 17.3 Å². The predicted octanol–water partition coefficient (Wildman–Crippen LogP) is 3.52. The second kappa shape index (κ2) is 10.0. The summed E-state index contributed by atoms with van der Waals surface area (Å²) in [6.45, 7) is 3.65. The van der Waals surface area contributed by atoms with Crippen LogP contribution in [0.15, 0.2) is 52.2 Å². The average molecular weight is 443 g/mol. The predicted molar refractivity (Wildman–Crippen MR) is 117 cm³/mol. The summed E-state index contributed by atoms with van der Waals surface area (Å²) in [6, 6.07) is 11.4. The van der Waals surface area contributed by atoms with Crippen molar-refractivity contribution in [3.8, 4) is 17.1 Å². The lowest BCUT2D eigenvalue weighted by Gasteiger charge is -2.16. The zero-order valence-electron chi connectivity index (χ0n) is 17.6. The molecule has 0 spiro atoms. The van der Waals surface area contributed by atoms with Crippen LogP contribution in [0.2, 0.25) is 0 Å². The molecule has 0 bridgehead atoms. The normalized spacial score (nSPS) is 16.9. The second-order valence-electron chi connectivity index (χ2n) is 7.34. The quantitative estimate of drug-likeness (QED) is 0.507. The minimum absolute atomic E-state index is 0.0842. The number of hydrogen-bond acceptors (Lipinski definition) is 7. The summed E-state index contributed by atoms with van der Waals surface area (Å²) in [7, 11) is 1.64. The van der Waals surface area contributed by atoms with Crippen LogP contribution in [0.25, 0.3) is 11.4 Å². The van der Waals surface area contributed by atoms with E-state index in [0.717, 1.165) is 36.6 Å². The summed E-state index contributed by atoms with van der Waals surface area (Å²) >= 11 is 1.39. The molecule has 1 aliphatic rings. The van der Waals surface area contributed by atoms with Gasteiger partial charge in [0.15, 0.2) is 11.0 Å². The highest BCUT2D eigenvalue weighted by molar-refractivity contribution is 8.00. The number of aromatic nitrogens is 3. The van der Waals surface area contributed by atoms with Crippen LogP contribution in [0, 0.1) is 0 Å². The van der Waals surface area contributed by atoms with Gasteiger partial charge in [-0.2, -0.15) is 0 Å². The monoisotopic (exact) mass is 442 g/mol. The number of amides is 1. The molecule has 3 heterocycles. The summed E-state index contributed by atoms with van der Waals surface area (Å²) in [6.07, 6.45) is 3.77. The average Bonchev–Trinajstić information content (AvgIpc) is 3.56. The van der Waals surface area contributed by atoms with Gasteiger partial charge in [-0.3, -0.25) is 9.36 Å². The Kier molecular flexibility index (Phi) is 6.93. The van der Waals surface area contributed by atoms with Gasteiger partial charge in [-0.05, 0) is 56.2 Å². The molecule has 1 N–H and O–H groups in total. The number of carbonyl (C=O) groups excluding carboxylic acids is 1. The Morgan fingerprint density at radius 2 is 2.16 bits per heavy atom. The van der Waals surface area contributed by atoms with Gasteiger partial charge in [0.1, 0.15) is 11.5 Å². The topological polar surface area (TPSA) is 91.4 Å². The van der Waals surface area contributed by atoms with Gasteiger partial charge < -0.3 is 19.2 Å². The number of hydrogen-bond donors (Lipinski definition) is 1. The maximum Gasteiger partial charge on any atom is 0.233 e. The molecule has 1 aliphatic heterocycles. The molecular weight excluding hydrogens is 416 g/mol. The van der Waals surface area contributed by atoms with Gasteiger partial charge in [-0.25, -0.2) is 0 Å². The van der Waals surface area contributed by atoms with Crippen LogP contribution in [0.4, 0.5) is 0 Å². The Morgan fingerprint density at radius 3 is 2.84 bits per heavy atom. The number of methoxy groups -OCH3 is 1. The Morgan fingerprint density at radius 1 is 1.32 bits per heavy atom. The maximum absolute atomic E-state index is 12.6. The number of benzene rings is 1. The lowest BCUT2D eigenvalue weighted by molar-refractivity contribution is -0.120. The Hall–Kier alpha value is -2.78. The lowest BCUT2D eigenvalue weighted by atomic mass is 10.2. The van der Waals surface area contributed by atoms with Crippen molar-refractivity contribution < 1.29 is 18.7 Å². The fraction of sp³-hybridized carbons (Fsp3) is 0.409. The van der Waals surface area contributed by atoms with Gasteiger partial charge in [0.2, 0.25) is 5.91 Å². The molecule has 0 saturated carbocycles. The Balaban J connectivity index is 1.51. The number of nitrogens with one attached hydrogen (secondary N) is 1. The number of thioether (sulfide) groups is 1. The van der Waals surface area contributed by atoms with Crippen molar-refractivity contribution in [1.29, 1.82) is 0 Å². The molecule has 9 heteroatoms. The molecule has 1 amide bonds. The highest BCUT2D eigenvalue weighted by Gasteiger charge is 2.24. The molecule has 3 aromatic rings. The van der Waals surface area contributed by atoms with Crippen LogP contribution in [-0.4, -0.2) is 45.7 Å². The zero-order chi connectivity index (χ0) is 21.6. The van der Waals surface area contributed by atoms with E-state index in [1.54, 1.807) is 19.4 Å². The summed E-state index contributed by atoms with van der Waals surface area (Å²) in [5.74, 6) is 2.17. The molecule has 31 heavy (non-hydrogen) atoms. The maximum atomic E-state index is 12.6. The van der Waals surface area contributed by atoms with E-state index < -0.39 is 0 Å². The van der Waals surface area contributed by atoms with Crippen molar-refractivity contribution in [3.63, 3.8) is 0 Å². The molecule has 1 fully saturated rings. The summed E-state index contributed by atoms with van der Waals surface area (Å²) < 4.78 is 18.4. The largest absolute Gasteiger partial charge is 0.497 e. The van der Waals surface area contributed by atoms with E-state index >= 15 is 0 Å². The molecule has 8 nitrogen and oxygen atoms in total. The van der Waals surface area contributed by atoms with E-state index in [9.17, 15) is 4.79 Å². The number of rotatable bonds is 9. The third-order valence-corrected chi connectivity index (χ3v) is 6.22. The van der Waals surface area contributed by atoms with Crippen LogP contribution in [0.5, 0.6) is 5.75 Å². The summed E-state index contributed by atoms with van der Waals surface area (Å²) in [4.78, 5) is 12.6. The third-order valence-electron chi connectivity index (χ3n) is 5.14.